The molecule has 0 bridgehead atoms. The van der Waals surface area contributed by atoms with Crippen molar-refractivity contribution in [2.24, 2.45) is 0 Å². The van der Waals surface area contributed by atoms with E-state index in [-0.39, 0.29) is 11.9 Å². The summed E-state index contributed by atoms with van der Waals surface area (Å²) >= 11 is 0. The average Bonchev–Trinajstić information content (AvgIpc) is 2.74. The Balaban J connectivity index is 2.14. The molecule has 3 amide bonds. The molecule has 1 aromatic rings. The fourth-order valence-electron chi connectivity index (χ4n) is 2.50. The highest BCUT2D eigenvalue weighted by molar-refractivity contribution is 6.07. The van der Waals surface area contributed by atoms with Crippen LogP contribution in [0.3, 0.4) is 0 Å². The summed E-state index contributed by atoms with van der Waals surface area (Å²) < 4.78 is 5.55. The molecule has 6 heteroatoms. The average molecular weight is 319 g/mol. The Morgan fingerprint density at radius 3 is 2.43 bits per heavy atom. The molecule has 0 radical (unpaired) electrons. The van der Waals surface area contributed by atoms with Crippen LogP contribution in [0.25, 0.3) is 0 Å². The molecule has 2 rings (SSSR count). The lowest BCUT2D eigenvalue weighted by Crippen LogP contribution is -2.41. The summed E-state index contributed by atoms with van der Waals surface area (Å²) in [5, 5.41) is 2.81. The van der Waals surface area contributed by atoms with Crippen LogP contribution in [0.15, 0.2) is 24.3 Å². The van der Waals surface area contributed by atoms with Crippen molar-refractivity contribution in [3.05, 3.63) is 29.8 Å². The molecule has 23 heavy (non-hydrogen) atoms. The molecule has 1 aromatic carbocycles. The topological polar surface area (TPSA) is 61.9 Å². The highest BCUT2D eigenvalue weighted by Crippen LogP contribution is 2.29. The summed E-state index contributed by atoms with van der Waals surface area (Å²) in [6.45, 7) is 5.46. The Hall–Kier alpha value is -2.08. The van der Waals surface area contributed by atoms with Crippen LogP contribution in [0.1, 0.15) is 25.8 Å². The Bertz CT molecular complexity index is 571. The zero-order chi connectivity index (χ0) is 17.0. The molecule has 0 unspecified atom stereocenters. The summed E-state index contributed by atoms with van der Waals surface area (Å²) in [7, 11) is 3.82. The van der Waals surface area contributed by atoms with Gasteiger partial charge in [0.05, 0.1) is 6.61 Å². The first-order valence-corrected chi connectivity index (χ1v) is 7.90. The van der Waals surface area contributed by atoms with Gasteiger partial charge < -0.3 is 15.0 Å². The number of nitrogens with one attached hydrogen (secondary N) is 1. The fraction of sp³-hybridized carbons (Fsp3) is 0.529. The molecule has 0 spiro atoms. The highest BCUT2D eigenvalue weighted by atomic mass is 16.5. The summed E-state index contributed by atoms with van der Waals surface area (Å²) in [4.78, 5) is 28.1. The first-order chi connectivity index (χ1) is 10.9. The molecule has 6 nitrogen and oxygen atoms in total. The molecule has 1 aliphatic heterocycles. The van der Waals surface area contributed by atoms with E-state index in [1.54, 1.807) is 6.92 Å². The van der Waals surface area contributed by atoms with Crippen LogP contribution >= 0.6 is 0 Å². The molecule has 1 atom stereocenters. The second-order valence-corrected chi connectivity index (χ2v) is 6.19. The number of amides is 3. The van der Waals surface area contributed by atoms with E-state index in [0.717, 1.165) is 17.7 Å². The molecule has 1 fully saturated rings. The van der Waals surface area contributed by atoms with Crippen LogP contribution in [0, 0.1) is 0 Å². The molecule has 1 N–H and O–H groups in total. The fourth-order valence-corrected chi connectivity index (χ4v) is 2.50. The van der Waals surface area contributed by atoms with Gasteiger partial charge in [0.15, 0.2) is 0 Å². The predicted molar refractivity (Wildman–Crippen MR) is 88.4 cm³/mol. The van der Waals surface area contributed by atoms with Crippen molar-refractivity contribution in [1.29, 1.82) is 0 Å². The number of carbonyl (C=O) groups is 2. The summed E-state index contributed by atoms with van der Waals surface area (Å²) in [6, 6.07) is 6.98. The summed E-state index contributed by atoms with van der Waals surface area (Å²) in [6.07, 6.45) is 0.939. The Morgan fingerprint density at radius 1 is 1.22 bits per heavy atom. The van der Waals surface area contributed by atoms with Crippen molar-refractivity contribution < 1.29 is 14.3 Å². The van der Waals surface area contributed by atoms with Crippen molar-refractivity contribution in [3.63, 3.8) is 0 Å². The van der Waals surface area contributed by atoms with E-state index in [1.807, 2.05) is 50.2 Å². The van der Waals surface area contributed by atoms with Gasteiger partial charge in [-0.25, -0.2) is 4.79 Å². The zero-order valence-electron chi connectivity index (χ0n) is 14.3. The minimum Gasteiger partial charge on any atom is -0.494 e. The smallest absolute Gasteiger partial charge is 0.325 e. The molecule has 1 saturated heterocycles. The van der Waals surface area contributed by atoms with Gasteiger partial charge >= 0.3 is 6.03 Å². The van der Waals surface area contributed by atoms with E-state index < -0.39 is 5.54 Å². The van der Waals surface area contributed by atoms with Crippen LogP contribution in [0.2, 0.25) is 0 Å². The summed E-state index contributed by atoms with van der Waals surface area (Å²) in [5.74, 6) is 0.548. The van der Waals surface area contributed by atoms with Gasteiger partial charge in [0.2, 0.25) is 0 Å². The predicted octanol–water partition coefficient (Wildman–Crippen LogP) is 1.80. The first-order valence-electron chi connectivity index (χ1n) is 7.90. The van der Waals surface area contributed by atoms with Gasteiger partial charge in [-0.2, -0.15) is 0 Å². The van der Waals surface area contributed by atoms with Gasteiger partial charge in [0, 0.05) is 13.1 Å². The van der Waals surface area contributed by atoms with Gasteiger partial charge in [0.1, 0.15) is 11.3 Å². The Morgan fingerprint density at radius 2 is 1.87 bits per heavy atom. The lowest BCUT2D eigenvalue weighted by Gasteiger charge is -2.23. The number of ether oxygens (including phenoxy) is 1. The third-order valence-corrected chi connectivity index (χ3v) is 3.95. The molecule has 126 valence electrons. The Kier molecular flexibility index (Phi) is 5.26. The third-order valence-electron chi connectivity index (χ3n) is 3.95. The second-order valence-electron chi connectivity index (χ2n) is 6.19. The number of imide groups is 1. The van der Waals surface area contributed by atoms with E-state index in [1.165, 1.54) is 4.90 Å². The lowest BCUT2D eigenvalue weighted by atomic mass is 9.92. The van der Waals surface area contributed by atoms with Crippen molar-refractivity contribution in [2.45, 2.75) is 25.8 Å². The minimum atomic E-state index is -1.02. The largest absolute Gasteiger partial charge is 0.494 e. The number of rotatable bonds is 7. The SMILES string of the molecule is CCCOc1ccc([C@@]2(C)NC(=O)N(CCN(C)C)C2=O)cc1. The molecule has 1 heterocycles. The third kappa shape index (κ3) is 3.64. The van der Waals surface area contributed by atoms with Gasteiger partial charge in [-0.3, -0.25) is 9.69 Å². The van der Waals surface area contributed by atoms with E-state index in [0.29, 0.717) is 19.7 Å². The number of hydrogen-bond acceptors (Lipinski definition) is 4. The number of benzene rings is 1. The second kappa shape index (κ2) is 7.00. The van der Waals surface area contributed by atoms with Crippen LogP contribution in [-0.2, 0) is 10.3 Å². The normalized spacial score (nSPS) is 21.0. The summed E-state index contributed by atoms with van der Waals surface area (Å²) in [5.41, 5.74) is -0.265. The molecule has 0 aliphatic carbocycles. The van der Waals surface area contributed by atoms with E-state index in [4.69, 9.17) is 4.74 Å². The van der Waals surface area contributed by atoms with Crippen molar-refractivity contribution >= 4 is 11.9 Å². The maximum absolute atomic E-state index is 12.7. The highest BCUT2D eigenvalue weighted by Gasteiger charge is 2.48. The van der Waals surface area contributed by atoms with Crippen LogP contribution in [0.5, 0.6) is 5.75 Å². The maximum Gasteiger partial charge on any atom is 0.325 e. The quantitative estimate of drug-likeness (QED) is 0.779. The van der Waals surface area contributed by atoms with Gasteiger partial charge in [-0.1, -0.05) is 19.1 Å². The minimum absolute atomic E-state index is 0.216. The van der Waals surface area contributed by atoms with Gasteiger partial charge in [-0.15, -0.1) is 0 Å². The monoisotopic (exact) mass is 319 g/mol. The van der Waals surface area contributed by atoms with Crippen LogP contribution in [-0.4, -0.2) is 55.5 Å². The molecular formula is C17H25N3O3. The number of hydrogen-bond donors (Lipinski definition) is 1. The van der Waals surface area contributed by atoms with Gasteiger partial charge in [-0.05, 0) is 45.1 Å². The molecule has 0 saturated carbocycles. The number of nitrogens with zero attached hydrogens (tertiary/aromatic N) is 2. The molecular weight excluding hydrogens is 294 g/mol. The van der Waals surface area contributed by atoms with E-state index in [9.17, 15) is 9.59 Å². The van der Waals surface area contributed by atoms with Crippen LogP contribution < -0.4 is 10.1 Å². The number of urea groups is 1. The van der Waals surface area contributed by atoms with Crippen LogP contribution in [0.4, 0.5) is 4.79 Å². The van der Waals surface area contributed by atoms with Crippen molar-refractivity contribution in [1.82, 2.24) is 15.1 Å². The standard InChI is InChI=1S/C17H25N3O3/c1-5-12-23-14-8-6-13(7-9-14)17(2)15(21)20(16(22)18-17)11-10-19(3)4/h6-9H,5,10-12H2,1-4H3,(H,18,22)/t17-/m1/s1. The Labute approximate surface area is 137 Å². The van der Waals surface area contributed by atoms with Gasteiger partial charge in [0.25, 0.3) is 5.91 Å². The number of likely N-dealkylation sites (N-methyl/N-ethyl adjacent to an activating group) is 1. The van der Waals surface area contributed by atoms with E-state index in [2.05, 4.69) is 5.32 Å². The first kappa shape index (κ1) is 17.3. The van der Waals surface area contributed by atoms with Crippen molar-refractivity contribution in [3.8, 4) is 5.75 Å². The maximum atomic E-state index is 12.7. The zero-order valence-corrected chi connectivity index (χ0v) is 14.3. The molecule has 0 aromatic heterocycles. The van der Waals surface area contributed by atoms with Crippen molar-refractivity contribution in [2.75, 3.05) is 33.8 Å². The lowest BCUT2D eigenvalue weighted by molar-refractivity contribution is -0.131. The number of carbonyl (C=O) groups excluding carboxylic acids is 2. The van der Waals surface area contributed by atoms with E-state index >= 15 is 0 Å². The molecule has 1 aliphatic rings.